The highest BCUT2D eigenvalue weighted by molar-refractivity contribution is 5.79. The topological polar surface area (TPSA) is 49.1 Å². The molecular formula is C31H48N4. The van der Waals surface area contributed by atoms with Gasteiger partial charge < -0.3 is 5.32 Å². The molecule has 4 heteroatoms. The summed E-state index contributed by atoms with van der Waals surface area (Å²) in [6.45, 7) is 21.2. The third kappa shape index (κ3) is 13.1. The lowest BCUT2D eigenvalue weighted by molar-refractivity contribution is 0.354. The van der Waals surface area contributed by atoms with Crippen LogP contribution >= 0.6 is 0 Å². The fourth-order valence-electron chi connectivity index (χ4n) is 4.07. The maximum Gasteiger partial charge on any atom is 0.0938 e. The van der Waals surface area contributed by atoms with E-state index >= 15 is 0 Å². The first kappa shape index (κ1) is 30.3. The summed E-state index contributed by atoms with van der Waals surface area (Å²) in [5, 5.41) is 3.54. The van der Waals surface area contributed by atoms with Crippen LogP contribution in [0.4, 0.5) is 0 Å². The summed E-state index contributed by atoms with van der Waals surface area (Å²) in [6.07, 6.45) is 0. The summed E-state index contributed by atoms with van der Waals surface area (Å²) in [5.74, 6) is 3.34. The number of aliphatic imine (C=N–C) groups is 3. The zero-order valence-electron chi connectivity index (χ0n) is 23.5. The number of nitrogens with one attached hydrogen (secondary N) is 1. The van der Waals surface area contributed by atoms with Gasteiger partial charge in [-0.15, -0.1) is 0 Å². The number of benzene rings is 2. The van der Waals surface area contributed by atoms with E-state index in [2.05, 4.69) is 125 Å². The highest BCUT2D eigenvalue weighted by Crippen LogP contribution is 2.15. The van der Waals surface area contributed by atoms with E-state index in [-0.39, 0.29) is 0 Å². The van der Waals surface area contributed by atoms with E-state index < -0.39 is 0 Å². The van der Waals surface area contributed by atoms with Gasteiger partial charge in [0.25, 0.3) is 0 Å². The van der Waals surface area contributed by atoms with E-state index in [0.29, 0.717) is 42.3 Å². The Labute approximate surface area is 215 Å². The highest BCUT2D eigenvalue weighted by atomic mass is 15.0. The van der Waals surface area contributed by atoms with Gasteiger partial charge >= 0.3 is 0 Å². The maximum absolute atomic E-state index is 4.60. The molecule has 0 unspecified atom stereocenters. The fourth-order valence-corrected chi connectivity index (χ4v) is 4.07. The van der Waals surface area contributed by atoms with Crippen molar-refractivity contribution in [1.29, 1.82) is 0 Å². The molecule has 2 rings (SSSR count). The molecule has 4 nitrogen and oxygen atoms in total. The normalized spacial score (nSPS) is 11.7. The van der Waals surface area contributed by atoms with Crippen LogP contribution in [-0.2, 0) is 13.1 Å². The van der Waals surface area contributed by atoms with Gasteiger partial charge in [0.05, 0.1) is 31.0 Å². The lowest BCUT2D eigenvalue weighted by Gasteiger charge is -2.26. The minimum Gasteiger partial charge on any atom is -0.371 e. The van der Waals surface area contributed by atoms with Gasteiger partial charge in [-0.2, -0.15) is 0 Å². The third-order valence-corrected chi connectivity index (χ3v) is 5.90. The first-order valence-corrected chi connectivity index (χ1v) is 13.1. The number of hydrogen-bond acceptors (Lipinski definition) is 3. The molecular weight excluding hydrogens is 428 g/mol. The molecule has 0 bridgehead atoms. The van der Waals surface area contributed by atoms with Crippen molar-refractivity contribution in [3.63, 3.8) is 0 Å². The van der Waals surface area contributed by atoms with Crippen molar-refractivity contribution in [2.75, 3.05) is 0 Å². The molecule has 0 aliphatic carbocycles. The number of rotatable bonds is 10. The van der Waals surface area contributed by atoms with E-state index in [9.17, 15) is 0 Å². The summed E-state index contributed by atoms with van der Waals surface area (Å²) >= 11 is 0. The minimum absolute atomic E-state index is 0.314. The zero-order valence-corrected chi connectivity index (χ0v) is 23.5. The van der Waals surface area contributed by atoms with Crippen LogP contribution in [0.15, 0.2) is 75.6 Å². The quantitative estimate of drug-likeness (QED) is 0.275. The average Bonchev–Trinajstić information content (AvgIpc) is 2.82. The molecule has 0 amide bonds. The summed E-state index contributed by atoms with van der Waals surface area (Å²) in [7, 11) is 0. The largest absolute Gasteiger partial charge is 0.371 e. The number of amidine groups is 1. The van der Waals surface area contributed by atoms with Gasteiger partial charge in [0, 0.05) is 6.04 Å². The zero-order chi connectivity index (χ0) is 26.2. The molecule has 0 atom stereocenters. The van der Waals surface area contributed by atoms with Crippen molar-refractivity contribution < 1.29 is 0 Å². The fraction of sp³-hybridized carbons (Fsp3) is 0.548. The predicted molar refractivity (Wildman–Crippen MR) is 153 cm³/mol. The van der Waals surface area contributed by atoms with Crippen LogP contribution in [-0.4, -0.2) is 23.9 Å². The van der Waals surface area contributed by atoms with Crippen LogP contribution in [0, 0.1) is 23.7 Å². The Hall–Kier alpha value is -2.71. The SMILES string of the molecule is CC(=NCc1ccccc1)NC(C(C)C)C(C)C.CC(C)C(N=C=NCc1ccccc1)C(C)C. The molecule has 2 aromatic rings. The van der Waals surface area contributed by atoms with Gasteiger partial charge in [0.1, 0.15) is 0 Å². The van der Waals surface area contributed by atoms with Crippen LogP contribution in [0.2, 0.25) is 0 Å². The Morgan fingerprint density at radius 1 is 0.686 bits per heavy atom. The molecule has 0 saturated carbocycles. The first-order valence-electron chi connectivity index (χ1n) is 13.1. The predicted octanol–water partition coefficient (Wildman–Crippen LogP) is 7.92. The van der Waals surface area contributed by atoms with Gasteiger partial charge in [0.2, 0.25) is 0 Å². The van der Waals surface area contributed by atoms with Crippen LogP contribution in [0.1, 0.15) is 73.4 Å². The molecule has 0 spiro atoms. The van der Waals surface area contributed by atoms with E-state index in [1.54, 1.807) is 0 Å². The molecule has 0 saturated heterocycles. The second-order valence-electron chi connectivity index (χ2n) is 10.6. The van der Waals surface area contributed by atoms with Gasteiger partial charge in [0.15, 0.2) is 0 Å². The van der Waals surface area contributed by atoms with Crippen molar-refractivity contribution in [2.45, 2.75) is 87.5 Å². The Kier molecular flexibility index (Phi) is 14.6. The van der Waals surface area contributed by atoms with Crippen molar-refractivity contribution in [2.24, 2.45) is 38.6 Å². The van der Waals surface area contributed by atoms with Crippen LogP contribution in [0.3, 0.4) is 0 Å². The molecule has 1 N–H and O–H groups in total. The standard InChI is InChI=1S/C16H26N2.C15H22N2/c1-12(2)16(13(3)4)18-14(5)17-11-15-9-7-6-8-10-15;1-12(2)15(13(3)4)17-11-16-10-14-8-6-5-7-9-14/h6-10,12-13,16H,11H2,1-5H3,(H,17,18);5-9,12-13,15H,10H2,1-4H3. The summed E-state index contributed by atoms with van der Waals surface area (Å²) < 4.78 is 0. The monoisotopic (exact) mass is 476 g/mol. The molecule has 2 aromatic carbocycles. The molecule has 0 aliphatic heterocycles. The molecule has 0 heterocycles. The van der Waals surface area contributed by atoms with Gasteiger partial charge in [-0.05, 0) is 41.7 Å². The second-order valence-corrected chi connectivity index (χ2v) is 10.6. The van der Waals surface area contributed by atoms with E-state index in [0.717, 1.165) is 12.4 Å². The molecule has 0 aromatic heterocycles. The molecule has 0 fully saturated rings. The lowest BCUT2D eigenvalue weighted by Crippen LogP contribution is -2.41. The van der Waals surface area contributed by atoms with E-state index in [1.165, 1.54) is 11.1 Å². The minimum atomic E-state index is 0.314. The Morgan fingerprint density at radius 2 is 1.14 bits per heavy atom. The highest BCUT2D eigenvalue weighted by Gasteiger charge is 2.17. The third-order valence-electron chi connectivity index (χ3n) is 5.90. The number of nitrogens with zero attached hydrogens (tertiary/aromatic N) is 3. The van der Waals surface area contributed by atoms with E-state index in [1.807, 2.05) is 24.3 Å². The van der Waals surface area contributed by atoms with Crippen molar-refractivity contribution in [3.05, 3.63) is 71.8 Å². The summed E-state index contributed by atoms with van der Waals surface area (Å²) in [4.78, 5) is 13.3. The lowest BCUT2D eigenvalue weighted by atomic mass is 9.93. The van der Waals surface area contributed by atoms with E-state index in [4.69, 9.17) is 0 Å². The molecule has 0 aliphatic rings. The van der Waals surface area contributed by atoms with Crippen molar-refractivity contribution in [3.8, 4) is 0 Å². The average molecular weight is 477 g/mol. The summed E-state index contributed by atoms with van der Waals surface area (Å²) in [5.41, 5.74) is 2.45. The molecule has 192 valence electrons. The van der Waals surface area contributed by atoms with Crippen molar-refractivity contribution in [1.82, 2.24) is 5.32 Å². The Bertz CT molecular complexity index is 876. The smallest absolute Gasteiger partial charge is 0.0938 e. The molecule has 0 radical (unpaired) electrons. The maximum atomic E-state index is 4.60. The van der Waals surface area contributed by atoms with Crippen LogP contribution < -0.4 is 5.32 Å². The Balaban J connectivity index is 0.000000351. The Morgan fingerprint density at radius 3 is 1.57 bits per heavy atom. The van der Waals surface area contributed by atoms with Crippen LogP contribution in [0.5, 0.6) is 0 Å². The van der Waals surface area contributed by atoms with Gasteiger partial charge in [-0.3, -0.25) is 4.99 Å². The summed E-state index contributed by atoms with van der Waals surface area (Å²) in [6, 6.07) is 24.2. The first-order chi connectivity index (χ1) is 16.6. The second kappa shape index (κ2) is 16.8. The molecule has 35 heavy (non-hydrogen) atoms. The number of hydrogen-bond donors (Lipinski definition) is 1. The van der Waals surface area contributed by atoms with Crippen LogP contribution in [0.25, 0.3) is 0 Å². The van der Waals surface area contributed by atoms with Gasteiger partial charge in [-0.25, -0.2) is 9.98 Å². The van der Waals surface area contributed by atoms with Gasteiger partial charge in [-0.1, -0.05) is 116 Å². The van der Waals surface area contributed by atoms with Crippen molar-refractivity contribution >= 4 is 11.8 Å².